The highest BCUT2D eigenvalue weighted by Gasteiger charge is 2.06. The highest BCUT2D eigenvalue weighted by Crippen LogP contribution is 2.20. The Hall–Kier alpha value is -1.28. The van der Waals surface area contributed by atoms with Gasteiger partial charge in [-0.1, -0.05) is 31.2 Å². The summed E-state index contributed by atoms with van der Waals surface area (Å²) in [7, 11) is 0. The average molecular weight is 232 g/mol. The lowest BCUT2D eigenvalue weighted by atomic mass is 10.0. The Morgan fingerprint density at radius 2 is 1.88 bits per heavy atom. The third-order valence-corrected chi connectivity index (χ3v) is 2.97. The summed E-state index contributed by atoms with van der Waals surface area (Å²) in [6.45, 7) is 12.2. The normalized spacial score (nSPS) is 12.2. The van der Waals surface area contributed by atoms with E-state index >= 15 is 0 Å². The molecule has 0 aliphatic carbocycles. The van der Waals surface area contributed by atoms with Crippen LogP contribution in [0.4, 0.5) is 5.69 Å². The molecular weight excluding hydrogens is 208 g/mol. The van der Waals surface area contributed by atoms with Crippen LogP contribution in [0, 0.1) is 0 Å². The predicted octanol–water partition coefficient (Wildman–Crippen LogP) is 3.50. The van der Waals surface area contributed by atoms with Gasteiger partial charge in [0.05, 0.1) is 0 Å². The van der Waals surface area contributed by atoms with E-state index in [1.807, 2.05) is 0 Å². The van der Waals surface area contributed by atoms with Crippen LogP contribution in [-0.4, -0.2) is 13.1 Å². The molecule has 0 aliphatic heterocycles. The van der Waals surface area contributed by atoms with Crippen molar-refractivity contribution < 1.29 is 0 Å². The van der Waals surface area contributed by atoms with E-state index in [4.69, 9.17) is 5.73 Å². The van der Waals surface area contributed by atoms with E-state index in [0.717, 1.165) is 19.5 Å². The summed E-state index contributed by atoms with van der Waals surface area (Å²) in [5, 5.41) is 0. The molecular formula is C15H24N2. The Morgan fingerprint density at radius 1 is 1.29 bits per heavy atom. The second-order valence-corrected chi connectivity index (χ2v) is 4.58. The van der Waals surface area contributed by atoms with Gasteiger partial charge in [-0.3, -0.25) is 0 Å². The smallest absolute Gasteiger partial charge is 0.0383 e. The van der Waals surface area contributed by atoms with Crippen molar-refractivity contribution in [1.29, 1.82) is 0 Å². The fourth-order valence-electron chi connectivity index (χ4n) is 1.88. The number of rotatable bonds is 6. The van der Waals surface area contributed by atoms with Gasteiger partial charge in [0.15, 0.2) is 0 Å². The molecule has 2 heteroatoms. The summed E-state index contributed by atoms with van der Waals surface area (Å²) in [6.07, 6.45) is 0.975. The highest BCUT2D eigenvalue weighted by molar-refractivity contribution is 5.48. The summed E-state index contributed by atoms with van der Waals surface area (Å²) in [4.78, 5) is 2.31. The van der Waals surface area contributed by atoms with Crippen molar-refractivity contribution in [2.75, 3.05) is 18.0 Å². The molecule has 0 aromatic heterocycles. The highest BCUT2D eigenvalue weighted by atomic mass is 15.1. The zero-order valence-electron chi connectivity index (χ0n) is 11.2. The summed E-state index contributed by atoms with van der Waals surface area (Å²) in [6, 6.07) is 8.71. The summed E-state index contributed by atoms with van der Waals surface area (Å²) in [5.74, 6) is 0. The monoisotopic (exact) mass is 232 g/mol. The molecule has 1 rings (SSSR count). The number of hydrogen-bond donors (Lipinski definition) is 1. The molecule has 17 heavy (non-hydrogen) atoms. The van der Waals surface area contributed by atoms with Crippen molar-refractivity contribution >= 4 is 5.69 Å². The van der Waals surface area contributed by atoms with Crippen LogP contribution in [0.15, 0.2) is 36.4 Å². The number of nitrogens with zero attached hydrogens (tertiary/aromatic N) is 1. The number of nitrogens with two attached hydrogens (primary N) is 1. The lowest BCUT2D eigenvalue weighted by Gasteiger charge is -2.23. The first kappa shape index (κ1) is 13.8. The van der Waals surface area contributed by atoms with Gasteiger partial charge in [0.25, 0.3) is 0 Å². The Morgan fingerprint density at radius 3 is 2.29 bits per heavy atom. The molecule has 0 aliphatic rings. The molecule has 0 heterocycles. The number of hydrogen-bond acceptors (Lipinski definition) is 2. The van der Waals surface area contributed by atoms with Gasteiger partial charge in [0.1, 0.15) is 0 Å². The minimum absolute atomic E-state index is 0.153. The molecule has 0 saturated carbocycles. The summed E-state index contributed by atoms with van der Waals surface area (Å²) >= 11 is 0. The molecule has 1 atom stereocenters. The summed E-state index contributed by atoms with van der Waals surface area (Å²) in [5.41, 5.74) is 9.64. The zero-order chi connectivity index (χ0) is 12.8. The number of likely N-dealkylation sites (N-methyl/N-ethyl adjacent to an activating group) is 1. The van der Waals surface area contributed by atoms with Gasteiger partial charge in [0, 0.05) is 24.8 Å². The lowest BCUT2D eigenvalue weighted by Crippen LogP contribution is -2.24. The first-order chi connectivity index (χ1) is 8.08. The molecule has 0 fully saturated rings. The molecule has 2 N–H and O–H groups in total. The van der Waals surface area contributed by atoms with Crippen LogP contribution in [0.25, 0.3) is 0 Å². The molecule has 0 spiro atoms. The molecule has 0 saturated heterocycles. The largest absolute Gasteiger partial charge is 0.368 e. The first-order valence-corrected chi connectivity index (χ1v) is 6.33. The molecule has 1 aromatic rings. The van der Waals surface area contributed by atoms with Gasteiger partial charge < -0.3 is 10.6 Å². The molecule has 1 aromatic carbocycles. The molecule has 0 amide bonds. The van der Waals surface area contributed by atoms with Crippen molar-refractivity contribution in [2.24, 2.45) is 5.73 Å². The Balaban J connectivity index is 2.81. The third kappa shape index (κ3) is 3.90. The van der Waals surface area contributed by atoms with Crippen LogP contribution in [0.3, 0.4) is 0 Å². The Bertz CT molecular complexity index is 354. The second-order valence-electron chi connectivity index (χ2n) is 4.58. The SMILES string of the molecule is C=C(C)CN(CC)c1ccc([C@H](N)CC)cc1. The molecule has 94 valence electrons. The van der Waals surface area contributed by atoms with Crippen molar-refractivity contribution in [3.05, 3.63) is 42.0 Å². The number of anilines is 1. The first-order valence-electron chi connectivity index (χ1n) is 6.33. The minimum atomic E-state index is 0.153. The maximum atomic E-state index is 6.01. The van der Waals surface area contributed by atoms with Crippen LogP contribution in [0.2, 0.25) is 0 Å². The maximum Gasteiger partial charge on any atom is 0.0383 e. The van der Waals surface area contributed by atoms with Crippen molar-refractivity contribution in [3.8, 4) is 0 Å². The van der Waals surface area contributed by atoms with E-state index in [0.29, 0.717) is 0 Å². The summed E-state index contributed by atoms with van der Waals surface area (Å²) < 4.78 is 0. The van der Waals surface area contributed by atoms with E-state index < -0.39 is 0 Å². The van der Waals surface area contributed by atoms with E-state index in [1.54, 1.807) is 0 Å². The van der Waals surface area contributed by atoms with Crippen molar-refractivity contribution in [2.45, 2.75) is 33.2 Å². The second kappa shape index (κ2) is 6.45. The van der Waals surface area contributed by atoms with Gasteiger partial charge in [0.2, 0.25) is 0 Å². The quantitative estimate of drug-likeness (QED) is 0.761. The lowest BCUT2D eigenvalue weighted by molar-refractivity contribution is 0.698. The molecule has 2 nitrogen and oxygen atoms in total. The Kier molecular flexibility index (Phi) is 5.23. The maximum absolute atomic E-state index is 6.01. The topological polar surface area (TPSA) is 29.3 Å². The van der Waals surface area contributed by atoms with Crippen molar-refractivity contribution in [3.63, 3.8) is 0 Å². The fraction of sp³-hybridized carbons (Fsp3) is 0.467. The molecule has 0 unspecified atom stereocenters. The van der Waals surface area contributed by atoms with Crippen LogP contribution in [0.1, 0.15) is 38.8 Å². The third-order valence-electron chi connectivity index (χ3n) is 2.97. The standard InChI is InChI=1S/C15H24N2/c1-5-15(16)13-7-9-14(10-8-13)17(6-2)11-12(3)4/h7-10,15H,3,5-6,11,16H2,1-2,4H3/t15-/m1/s1. The van der Waals surface area contributed by atoms with E-state index in [9.17, 15) is 0 Å². The van der Waals surface area contributed by atoms with E-state index in [1.165, 1.54) is 16.8 Å². The van der Waals surface area contributed by atoms with Gasteiger partial charge in [-0.2, -0.15) is 0 Å². The minimum Gasteiger partial charge on any atom is -0.368 e. The van der Waals surface area contributed by atoms with Gasteiger partial charge in [-0.25, -0.2) is 0 Å². The van der Waals surface area contributed by atoms with Gasteiger partial charge in [-0.05, 0) is 38.0 Å². The van der Waals surface area contributed by atoms with E-state index in [2.05, 4.69) is 56.5 Å². The van der Waals surface area contributed by atoms with Gasteiger partial charge >= 0.3 is 0 Å². The predicted molar refractivity (Wildman–Crippen MR) is 76.4 cm³/mol. The van der Waals surface area contributed by atoms with Crippen molar-refractivity contribution in [1.82, 2.24) is 0 Å². The number of benzene rings is 1. The molecule has 0 bridgehead atoms. The molecule has 0 radical (unpaired) electrons. The average Bonchev–Trinajstić information content (AvgIpc) is 2.35. The zero-order valence-corrected chi connectivity index (χ0v) is 11.2. The van der Waals surface area contributed by atoms with Crippen LogP contribution in [-0.2, 0) is 0 Å². The fourth-order valence-corrected chi connectivity index (χ4v) is 1.88. The van der Waals surface area contributed by atoms with E-state index in [-0.39, 0.29) is 6.04 Å². The van der Waals surface area contributed by atoms with Crippen LogP contribution < -0.4 is 10.6 Å². The van der Waals surface area contributed by atoms with Crippen LogP contribution >= 0.6 is 0 Å². The Labute approximate surface area is 105 Å². The van der Waals surface area contributed by atoms with Gasteiger partial charge in [-0.15, -0.1) is 0 Å². The van der Waals surface area contributed by atoms with Crippen LogP contribution in [0.5, 0.6) is 0 Å².